The third-order valence-electron chi connectivity index (χ3n) is 3.05. The summed E-state index contributed by atoms with van der Waals surface area (Å²) in [4.78, 5) is 4.03. The first-order chi connectivity index (χ1) is 9.20. The molecule has 0 radical (unpaired) electrons. The van der Waals surface area contributed by atoms with E-state index in [4.69, 9.17) is 4.74 Å². The number of methoxy groups -OCH3 is 1. The normalized spacial score (nSPS) is 12.4. The third-order valence-corrected chi connectivity index (χ3v) is 3.74. The summed E-state index contributed by atoms with van der Waals surface area (Å²) in [5.41, 5.74) is 1.23. The quantitative estimate of drug-likeness (QED) is 0.888. The first-order valence-corrected chi connectivity index (χ1v) is 7.02. The van der Waals surface area contributed by atoms with Gasteiger partial charge < -0.3 is 14.6 Å². The van der Waals surface area contributed by atoms with E-state index in [0.717, 1.165) is 23.3 Å². The molecule has 1 heterocycles. The molecule has 0 saturated heterocycles. The van der Waals surface area contributed by atoms with Gasteiger partial charge in [0.25, 0.3) is 0 Å². The highest BCUT2D eigenvalue weighted by Gasteiger charge is 2.09. The summed E-state index contributed by atoms with van der Waals surface area (Å²) in [7, 11) is 1.67. The second kappa shape index (κ2) is 6.73. The van der Waals surface area contributed by atoms with Crippen molar-refractivity contribution in [3.63, 3.8) is 0 Å². The van der Waals surface area contributed by atoms with Gasteiger partial charge >= 0.3 is 0 Å². The molecule has 5 heteroatoms. The molecule has 2 rings (SSSR count). The van der Waals surface area contributed by atoms with E-state index in [9.17, 15) is 0 Å². The van der Waals surface area contributed by atoms with Crippen LogP contribution in [-0.4, -0.2) is 23.2 Å². The van der Waals surface area contributed by atoms with Gasteiger partial charge in [0.15, 0.2) is 0 Å². The SMILES string of the molecule is COc1ccc([C@H](C)NCCn2ccnc2)c(Br)c1. The largest absolute Gasteiger partial charge is 0.497 e. The molecular weight excluding hydrogens is 306 g/mol. The number of ether oxygens (including phenoxy) is 1. The topological polar surface area (TPSA) is 39.1 Å². The predicted molar refractivity (Wildman–Crippen MR) is 79.3 cm³/mol. The summed E-state index contributed by atoms with van der Waals surface area (Å²) in [6, 6.07) is 6.33. The fourth-order valence-electron chi connectivity index (χ4n) is 1.93. The molecule has 102 valence electrons. The van der Waals surface area contributed by atoms with Crippen molar-refractivity contribution in [2.24, 2.45) is 0 Å². The molecule has 1 aromatic carbocycles. The van der Waals surface area contributed by atoms with Gasteiger partial charge in [-0.3, -0.25) is 0 Å². The van der Waals surface area contributed by atoms with E-state index in [1.54, 1.807) is 13.3 Å². The van der Waals surface area contributed by atoms with Gasteiger partial charge in [-0.2, -0.15) is 0 Å². The van der Waals surface area contributed by atoms with E-state index in [2.05, 4.69) is 43.8 Å². The summed E-state index contributed by atoms with van der Waals surface area (Å²) in [6.45, 7) is 3.97. The minimum absolute atomic E-state index is 0.281. The van der Waals surface area contributed by atoms with Crippen LogP contribution in [0.4, 0.5) is 0 Å². The van der Waals surface area contributed by atoms with Crippen molar-refractivity contribution in [2.45, 2.75) is 19.5 Å². The lowest BCUT2D eigenvalue weighted by Crippen LogP contribution is -2.23. The molecule has 0 amide bonds. The van der Waals surface area contributed by atoms with E-state index < -0.39 is 0 Å². The summed E-state index contributed by atoms with van der Waals surface area (Å²) in [6.07, 6.45) is 5.59. The number of imidazole rings is 1. The highest BCUT2D eigenvalue weighted by atomic mass is 79.9. The minimum Gasteiger partial charge on any atom is -0.497 e. The van der Waals surface area contributed by atoms with E-state index in [0.29, 0.717) is 0 Å². The zero-order valence-corrected chi connectivity index (χ0v) is 12.7. The molecule has 1 atom stereocenters. The lowest BCUT2D eigenvalue weighted by molar-refractivity contribution is 0.414. The van der Waals surface area contributed by atoms with Gasteiger partial charge in [-0.05, 0) is 24.6 Å². The van der Waals surface area contributed by atoms with E-state index in [1.807, 2.05) is 24.7 Å². The summed E-state index contributed by atoms with van der Waals surface area (Å²) in [5.74, 6) is 0.862. The van der Waals surface area contributed by atoms with Gasteiger partial charge in [0.05, 0.1) is 13.4 Å². The summed E-state index contributed by atoms with van der Waals surface area (Å²) < 4.78 is 8.32. The predicted octanol–water partition coefficient (Wildman–Crippen LogP) is 3.01. The average Bonchev–Trinajstić information content (AvgIpc) is 2.91. The van der Waals surface area contributed by atoms with Crippen molar-refractivity contribution < 1.29 is 4.74 Å². The third kappa shape index (κ3) is 3.81. The Morgan fingerprint density at radius 2 is 2.32 bits per heavy atom. The molecule has 1 aromatic heterocycles. The Hall–Kier alpha value is -1.33. The number of hydrogen-bond donors (Lipinski definition) is 1. The Kier molecular flexibility index (Phi) is 4.99. The van der Waals surface area contributed by atoms with Crippen LogP contribution in [0.2, 0.25) is 0 Å². The zero-order chi connectivity index (χ0) is 13.7. The Bertz CT molecular complexity index is 513. The maximum absolute atomic E-state index is 5.20. The van der Waals surface area contributed by atoms with E-state index in [-0.39, 0.29) is 6.04 Å². The molecule has 1 N–H and O–H groups in total. The van der Waals surface area contributed by atoms with Crippen LogP contribution in [0.25, 0.3) is 0 Å². The van der Waals surface area contributed by atoms with Crippen LogP contribution in [0.3, 0.4) is 0 Å². The van der Waals surface area contributed by atoms with Crippen LogP contribution in [-0.2, 0) is 6.54 Å². The van der Waals surface area contributed by atoms with Gasteiger partial charge in [-0.1, -0.05) is 22.0 Å². The molecule has 0 spiro atoms. The van der Waals surface area contributed by atoms with Crippen LogP contribution < -0.4 is 10.1 Å². The van der Waals surface area contributed by atoms with Gasteiger partial charge in [0.2, 0.25) is 0 Å². The second-order valence-electron chi connectivity index (χ2n) is 4.36. The number of rotatable bonds is 6. The summed E-state index contributed by atoms with van der Waals surface area (Å²) >= 11 is 3.58. The van der Waals surface area contributed by atoms with Crippen molar-refractivity contribution in [3.8, 4) is 5.75 Å². The van der Waals surface area contributed by atoms with Gasteiger partial charge in [-0.15, -0.1) is 0 Å². The van der Waals surface area contributed by atoms with Crippen molar-refractivity contribution in [1.29, 1.82) is 0 Å². The fourth-order valence-corrected chi connectivity index (χ4v) is 2.63. The number of nitrogens with one attached hydrogen (secondary N) is 1. The number of nitrogens with zero attached hydrogens (tertiary/aromatic N) is 2. The zero-order valence-electron chi connectivity index (χ0n) is 11.1. The van der Waals surface area contributed by atoms with E-state index in [1.165, 1.54) is 5.56 Å². The number of halogens is 1. The smallest absolute Gasteiger partial charge is 0.120 e. The molecule has 2 aromatic rings. The maximum Gasteiger partial charge on any atom is 0.120 e. The Balaban J connectivity index is 1.90. The minimum atomic E-state index is 0.281. The number of hydrogen-bond acceptors (Lipinski definition) is 3. The van der Waals surface area contributed by atoms with Gasteiger partial charge in [0, 0.05) is 36.0 Å². The molecule has 19 heavy (non-hydrogen) atoms. The molecule has 0 unspecified atom stereocenters. The molecule has 0 aliphatic heterocycles. The van der Waals surface area contributed by atoms with Crippen molar-refractivity contribution in [2.75, 3.05) is 13.7 Å². The molecular formula is C14H18BrN3O. The maximum atomic E-state index is 5.20. The lowest BCUT2D eigenvalue weighted by Gasteiger charge is -2.16. The van der Waals surface area contributed by atoms with Crippen LogP contribution in [0.15, 0.2) is 41.4 Å². The molecule has 4 nitrogen and oxygen atoms in total. The van der Waals surface area contributed by atoms with Crippen molar-refractivity contribution in [1.82, 2.24) is 14.9 Å². The lowest BCUT2D eigenvalue weighted by atomic mass is 10.1. The van der Waals surface area contributed by atoms with Crippen LogP contribution in [0.5, 0.6) is 5.75 Å². The summed E-state index contributed by atoms with van der Waals surface area (Å²) in [5, 5.41) is 3.50. The molecule has 0 saturated carbocycles. The van der Waals surface area contributed by atoms with E-state index >= 15 is 0 Å². The van der Waals surface area contributed by atoms with Gasteiger partial charge in [0.1, 0.15) is 5.75 Å². The first-order valence-electron chi connectivity index (χ1n) is 6.23. The fraction of sp³-hybridized carbons (Fsp3) is 0.357. The van der Waals surface area contributed by atoms with Crippen molar-refractivity contribution in [3.05, 3.63) is 47.0 Å². The highest BCUT2D eigenvalue weighted by Crippen LogP contribution is 2.27. The van der Waals surface area contributed by atoms with Crippen LogP contribution in [0, 0.1) is 0 Å². The Morgan fingerprint density at radius 3 is 2.95 bits per heavy atom. The second-order valence-corrected chi connectivity index (χ2v) is 5.22. The van der Waals surface area contributed by atoms with Crippen LogP contribution in [0.1, 0.15) is 18.5 Å². The first kappa shape index (κ1) is 14.1. The Labute approximate surface area is 121 Å². The molecule has 0 fully saturated rings. The molecule has 0 bridgehead atoms. The van der Waals surface area contributed by atoms with Crippen molar-refractivity contribution >= 4 is 15.9 Å². The monoisotopic (exact) mass is 323 g/mol. The van der Waals surface area contributed by atoms with Crippen LogP contribution >= 0.6 is 15.9 Å². The number of aromatic nitrogens is 2. The number of benzene rings is 1. The standard InChI is InChI=1S/C14H18BrN3O/c1-11(17-6-8-18-7-5-16-10-18)13-4-3-12(19-2)9-14(13)15/h3-5,7,9-11,17H,6,8H2,1-2H3/t11-/m0/s1. The van der Waals surface area contributed by atoms with Gasteiger partial charge in [-0.25, -0.2) is 4.98 Å². The highest BCUT2D eigenvalue weighted by molar-refractivity contribution is 9.10. The molecule has 0 aliphatic carbocycles. The average molecular weight is 324 g/mol. The molecule has 0 aliphatic rings. The Morgan fingerprint density at radius 1 is 1.47 bits per heavy atom.